The zero-order valence-corrected chi connectivity index (χ0v) is 20.5. The van der Waals surface area contributed by atoms with Crippen molar-refractivity contribution in [2.75, 3.05) is 0 Å². The predicted molar refractivity (Wildman–Crippen MR) is 137 cm³/mol. The van der Waals surface area contributed by atoms with E-state index in [0.717, 1.165) is 0 Å². The van der Waals surface area contributed by atoms with Crippen LogP contribution in [0.5, 0.6) is 0 Å². The Balaban J connectivity index is 1.83. The van der Waals surface area contributed by atoms with Crippen LogP contribution in [0.2, 0.25) is 19.6 Å². The first-order valence-corrected chi connectivity index (χ1v) is 16.3. The SMILES string of the molecule is C[Si](O[Si](C)(C)C(c1ccccc1)c1ccccc1)(c1ccccc1)c1ccccc1. The summed E-state index contributed by atoms with van der Waals surface area (Å²) in [5.74, 6) is 0. The summed E-state index contributed by atoms with van der Waals surface area (Å²) in [6, 6.07) is 43.4. The first-order valence-electron chi connectivity index (χ1n) is 10.9. The van der Waals surface area contributed by atoms with Crippen LogP contribution in [0.15, 0.2) is 121 Å². The summed E-state index contributed by atoms with van der Waals surface area (Å²) < 4.78 is 7.45. The van der Waals surface area contributed by atoms with Gasteiger partial charge in [0.05, 0.1) is 0 Å². The maximum atomic E-state index is 7.45. The number of hydrogen-bond acceptors (Lipinski definition) is 1. The van der Waals surface area contributed by atoms with Crippen LogP contribution >= 0.6 is 0 Å². The Kier molecular flexibility index (Phi) is 6.37. The van der Waals surface area contributed by atoms with Gasteiger partial charge in [0.25, 0.3) is 0 Å². The Labute approximate surface area is 188 Å². The maximum Gasteiger partial charge on any atom is 0.241 e. The molecule has 0 radical (unpaired) electrons. The molecule has 0 unspecified atom stereocenters. The molecule has 0 saturated carbocycles. The molecule has 156 valence electrons. The summed E-state index contributed by atoms with van der Waals surface area (Å²) in [5, 5.41) is 2.64. The fourth-order valence-corrected chi connectivity index (χ4v) is 14.3. The smallest absolute Gasteiger partial charge is 0.241 e. The molecule has 0 N–H and O–H groups in total. The van der Waals surface area contributed by atoms with Crippen LogP contribution in [0.1, 0.15) is 16.7 Å². The third kappa shape index (κ3) is 4.64. The number of rotatable bonds is 7. The molecule has 0 aliphatic carbocycles. The molecule has 0 bridgehead atoms. The lowest BCUT2D eigenvalue weighted by Gasteiger charge is -2.41. The molecule has 0 saturated heterocycles. The largest absolute Gasteiger partial charge is 0.448 e. The second-order valence-corrected chi connectivity index (χ2v) is 16.5. The van der Waals surface area contributed by atoms with Crippen molar-refractivity contribution in [3.63, 3.8) is 0 Å². The van der Waals surface area contributed by atoms with Crippen molar-refractivity contribution in [1.29, 1.82) is 0 Å². The molecule has 0 aliphatic rings. The van der Waals surface area contributed by atoms with Crippen molar-refractivity contribution in [3.05, 3.63) is 132 Å². The summed E-state index contributed by atoms with van der Waals surface area (Å²) >= 11 is 0. The molecular weight excluding hydrogens is 408 g/mol. The molecule has 0 aliphatic heterocycles. The Morgan fingerprint density at radius 3 is 1.16 bits per heavy atom. The van der Waals surface area contributed by atoms with Gasteiger partial charge in [0.1, 0.15) is 0 Å². The fraction of sp³-hybridized carbons (Fsp3) is 0.143. The van der Waals surface area contributed by atoms with Crippen LogP contribution in [0.25, 0.3) is 0 Å². The van der Waals surface area contributed by atoms with E-state index in [2.05, 4.69) is 141 Å². The molecule has 4 aromatic carbocycles. The summed E-state index contributed by atoms with van der Waals surface area (Å²) in [5.41, 5.74) is 2.93. The van der Waals surface area contributed by atoms with Crippen molar-refractivity contribution in [2.24, 2.45) is 0 Å². The third-order valence-corrected chi connectivity index (χ3v) is 14.7. The summed E-state index contributed by atoms with van der Waals surface area (Å²) in [7, 11) is -4.66. The second kappa shape index (κ2) is 9.19. The van der Waals surface area contributed by atoms with Gasteiger partial charge in [-0.15, -0.1) is 0 Å². The predicted octanol–water partition coefficient (Wildman–Crippen LogP) is 5.97. The van der Waals surface area contributed by atoms with Crippen molar-refractivity contribution in [3.8, 4) is 0 Å². The highest BCUT2D eigenvalue weighted by Crippen LogP contribution is 2.36. The molecule has 4 aromatic rings. The van der Waals surface area contributed by atoms with Gasteiger partial charge in [-0.25, -0.2) is 0 Å². The van der Waals surface area contributed by atoms with Crippen LogP contribution in [-0.2, 0) is 4.12 Å². The molecule has 4 rings (SSSR count). The fourth-order valence-electron chi connectivity index (χ4n) is 4.67. The van der Waals surface area contributed by atoms with Gasteiger partial charge >= 0.3 is 0 Å². The highest BCUT2D eigenvalue weighted by molar-refractivity contribution is 7.01. The zero-order valence-electron chi connectivity index (χ0n) is 18.5. The molecule has 0 fully saturated rings. The normalized spacial score (nSPS) is 12.1. The van der Waals surface area contributed by atoms with Gasteiger partial charge in [0.15, 0.2) is 8.32 Å². The van der Waals surface area contributed by atoms with Gasteiger partial charge in [-0.2, -0.15) is 0 Å². The van der Waals surface area contributed by atoms with Crippen LogP contribution in [-0.4, -0.2) is 16.6 Å². The first-order chi connectivity index (χ1) is 15.0. The van der Waals surface area contributed by atoms with Gasteiger partial charge in [0, 0.05) is 5.54 Å². The quantitative estimate of drug-likeness (QED) is 0.323. The second-order valence-electron chi connectivity index (χ2n) is 8.73. The van der Waals surface area contributed by atoms with E-state index < -0.39 is 16.6 Å². The van der Waals surface area contributed by atoms with Crippen LogP contribution in [0.4, 0.5) is 0 Å². The topological polar surface area (TPSA) is 9.23 Å². The molecule has 0 spiro atoms. The molecule has 31 heavy (non-hydrogen) atoms. The lowest BCUT2D eigenvalue weighted by Crippen LogP contribution is -2.64. The van der Waals surface area contributed by atoms with Crippen molar-refractivity contribution in [1.82, 2.24) is 0 Å². The molecular formula is C28H30OSi2. The summed E-state index contributed by atoms with van der Waals surface area (Å²) in [6.07, 6.45) is 0. The van der Waals surface area contributed by atoms with E-state index in [-0.39, 0.29) is 5.54 Å². The lowest BCUT2D eigenvalue weighted by molar-refractivity contribution is 0.550. The maximum absolute atomic E-state index is 7.45. The molecule has 0 heterocycles. The van der Waals surface area contributed by atoms with Gasteiger partial charge < -0.3 is 4.12 Å². The summed E-state index contributed by atoms with van der Waals surface area (Å²) in [4.78, 5) is 0. The van der Waals surface area contributed by atoms with Gasteiger partial charge in [0.2, 0.25) is 8.32 Å². The average Bonchev–Trinajstić information content (AvgIpc) is 2.81. The van der Waals surface area contributed by atoms with Crippen molar-refractivity contribution in [2.45, 2.75) is 25.2 Å². The molecule has 0 atom stereocenters. The van der Waals surface area contributed by atoms with E-state index in [4.69, 9.17) is 4.12 Å². The standard InChI is InChI=1S/C28H30OSi2/c1-30(2,28(24-16-8-4-9-17-24)25-18-10-5-11-19-25)29-31(3,26-20-12-6-13-21-26)27-22-14-7-15-23-27/h4-23,28H,1-3H3. The number of benzene rings is 4. The minimum atomic E-state index is -2.40. The minimum Gasteiger partial charge on any atom is -0.448 e. The average molecular weight is 439 g/mol. The Morgan fingerprint density at radius 2 is 0.806 bits per heavy atom. The highest BCUT2D eigenvalue weighted by atomic mass is 28.4. The zero-order chi connectivity index (χ0) is 21.7. The van der Waals surface area contributed by atoms with Crippen LogP contribution in [0.3, 0.4) is 0 Å². The summed E-state index contributed by atoms with van der Waals surface area (Å²) in [6.45, 7) is 7.13. The van der Waals surface area contributed by atoms with E-state index in [1.165, 1.54) is 21.5 Å². The molecule has 0 amide bonds. The van der Waals surface area contributed by atoms with E-state index in [1.807, 2.05) is 0 Å². The van der Waals surface area contributed by atoms with Crippen molar-refractivity contribution >= 4 is 27.0 Å². The van der Waals surface area contributed by atoms with E-state index >= 15 is 0 Å². The number of hydrogen-bond donors (Lipinski definition) is 0. The van der Waals surface area contributed by atoms with E-state index in [9.17, 15) is 0 Å². The minimum absolute atomic E-state index is 0.258. The third-order valence-electron chi connectivity index (χ3n) is 6.08. The molecule has 0 aromatic heterocycles. The molecule has 3 heteroatoms. The van der Waals surface area contributed by atoms with E-state index in [0.29, 0.717) is 0 Å². The van der Waals surface area contributed by atoms with Crippen molar-refractivity contribution < 1.29 is 4.12 Å². The van der Waals surface area contributed by atoms with Gasteiger partial charge in [-0.3, -0.25) is 0 Å². The highest BCUT2D eigenvalue weighted by Gasteiger charge is 2.45. The van der Waals surface area contributed by atoms with E-state index in [1.54, 1.807) is 0 Å². The molecule has 1 nitrogen and oxygen atoms in total. The monoisotopic (exact) mass is 438 g/mol. The Hall–Kier alpha value is -2.73. The Bertz CT molecular complexity index is 1000. The Morgan fingerprint density at radius 1 is 0.484 bits per heavy atom. The van der Waals surface area contributed by atoms with Gasteiger partial charge in [-0.1, -0.05) is 121 Å². The first kappa shape index (κ1) is 21.5. The lowest BCUT2D eigenvalue weighted by atomic mass is 10.0. The van der Waals surface area contributed by atoms with Crippen LogP contribution < -0.4 is 10.4 Å². The van der Waals surface area contributed by atoms with Gasteiger partial charge in [-0.05, 0) is 41.1 Å². The van der Waals surface area contributed by atoms with Crippen LogP contribution in [0, 0.1) is 0 Å².